The van der Waals surface area contributed by atoms with Crippen LogP contribution in [0.25, 0.3) is 16.7 Å². The predicted molar refractivity (Wildman–Crippen MR) is 185 cm³/mol. The largest absolute Gasteiger partial charge is 0.494 e. The number of nitrogens with zero attached hydrogens (tertiary/aromatic N) is 1. The number of para-hydroxylation sites is 1. The van der Waals surface area contributed by atoms with Crippen LogP contribution in [0.15, 0.2) is 115 Å². The number of rotatable bonds is 5. The van der Waals surface area contributed by atoms with Crippen LogP contribution in [0.2, 0.25) is 0 Å². The Hall–Kier alpha value is -3.86. The molecule has 3 nitrogen and oxygen atoms in total. The van der Waals surface area contributed by atoms with Crippen LogP contribution in [0.5, 0.6) is 0 Å². The van der Waals surface area contributed by atoms with Crippen LogP contribution in [-0.2, 0) is 14.7 Å². The van der Waals surface area contributed by atoms with Gasteiger partial charge in [-0.3, -0.25) is 0 Å². The summed E-state index contributed by atoms with van der Waals surface area (Å²) in [6.07, 6.45) is 5.85. The lowest BCUT2D eigenvalue weighted by molar-refractivity contribution is 0.00578. The Morgan fingerprint density at radius 1 is 0.705 bits per heavy atom. The standard InChI is InChI=1S/C40H42BNO2/c1-27-17-24-35-34(25-27)33-23-22-31(26-36(33)38(35,2)3)42(37-16-12-11-15-32(37)28-13-9-8-10-14-28)30-20-18-29(19-21-30)41-43-39(4,5)40(6,7)44-41/h8-24,26-27H,25H2,1-7H3. The van der Waals surface area contributed by atoms with Crippen molar-refractivity contribution in [3.8, 4) is 11.1 Å². The zero-order valence-electron chi connectivity index (χ0n) is 27.0. The van der Waals surface area contributed by atoms with E-state index in [9.17, 15) is 0 Å². The van der Waals surface area contributed by atoms with Gasteiger partial charge >= 0.3 is 7.12 Å². The van der Waals surface area contributed by atoms with Crippen LogP contribution >= 0.6 is 0 Å². The number of fused-ring (bicyclic) bond motifs is 2. The van der Waals surface area contributed by atoms with Gasteiger partial charge in [-0.05, 0) is 104 Å². The summed E-state index contributed by atoms with van der Waals surface area (Å²) in [5.41, 5.74) is 11.8. The molecule has 0 spiro atoms. The van der Waals surface area contributed by atoms with E-state index in [1.807, 2.05) is 0 Å². The first-order valence-corrected chi connectivity index (χ1v) is 15.9. The third-order valence-corrected chi connectivity index (χ3v) is 10.3. The lowest BCUT2D eigenvalue weighted by Crippen LogP contribution is -2.41. The molecular formula is C40H42BNO2. The van der Waals surface area contributed by atoms with Gasteiger partial charge in [-0.25, -0.2) is 0 Å². The summed E-state index contributed by atoms with van der Waals surface area (Å²) in [4.78, 5) is 2.41. The first-order chi connectivity index (χ1) is 21.0. The molecule has 1 aliphatic heterocycles. The molecule has 1 saturated heterocycles. The molecule has 0 N–H and O–H groups in total. The van der Waals surface area contributed by atoms with Crippen LogP contribution in [0, 0.1) is 5.92 Å². The molecular weight excluding hydrogens is 537 g/mol. The predicted octanol–water partition coefficient (Wildman–Crippen LogP) is 9.76. The number of hydrogen-bond donors (Lipinski definition) is 0. The number of anilines is 3. The average molecular weight is 580 g/mol. The highest BCUT2D eigenvalue weighted by molar-refractivity contribution is 6.62. The second kappa shape index (κ2) is 10.4. The molecule has 0 bridgehead atoms. The normalized spacial score (nSPS) is 20.9. The summed E-state index contributed by atoms with van der Waals surface area (Å²) in [6, 6.07) is 35.2. The van der Waals surface area contributed by atoms with Gasteiger partial charge in [0.15, 0.2) is 0 Å². The van der Waals surface area contributed by atoms with Gasteiger partial charge in [0, 0.05) is 22.4 Å². The molecule has 2 aliphatic carbocycles. The summed E-state index contributed by atoms with van der Waals surface area (Å²) in [5, 5.41) is 0. The molecule has 44 heavy (non-hydrogen) atoms. The van der Waals surface area contributed by atoms with Gasteiger partial charge in [0.1, 0.15) is 0 Å². The Bertz CT molecular complexity index is 1770. The van der Waals surface area contributed by atoms with Crippen LogP contribution in [0.1, 0.15) is 66.0 Å². The van der Waals surface area contributed by atoms with E-state index < -0.39 is 7.12 Å². The number of allylic oxidation sites excluding steroid dienone is 4. The maximum Gasteiger partial charge on any atom is 0.494 e. The maximum atomic E-state index is 6.38. The smallest absolute Gasteiger partial charge is 0.399 e. The highest BCUT2D eigenvalue weighted by atomic mass is 16.7. The minimum absolute atomic E-state index is 0.0530. The summed E-state index contributed by atoms with van der Waals surface area (Å²) >= 11 is 0. The van der Waals surface area contributed by atoms with E-state index in [2.05, 4.69) is 163 Å². The fraction of sp³-hybridized carbons (Fsp3) is 0.300. The molecule has 4 aromatic carbocycles. The SMILES string of the molecule is CC1C=CC2=C(C1)c1ccc(N(c3ccc(B4OC(C)(C)C(C)(C)O4)cc3)c3ccccc3-c3ccccc3)cc1C2(C)C. The molecule has 4 aromatic rings. The molecule has 0 aromatic heterocycles. The third-order valence-electron chi connectivity index (χ3n) is 10.3. The van der Waals surface area contributed by atoms with Crippen molar-refractivity contribution >= 4 is 35.2 Å². The van der Waals surface area contributed by atoms with E-state index in [4.69, 9.17) is 9.31 Å². The fourth-order valence-electron chi connectivity index (χ4n) is 7.02. The van der Waals surface area contributed by atoms with E-state index in [-0.39, 0.29) is 16.6 Å². The quantitative estimate of drug-likeness (QED) is 0.220. The molecule has 7 rings (SSSR count). The van der Waals surface area contributed by atoms with E-state index in [0.29, 0.717) is 5.92 Å². The molecule has 3 aliphatic rings. The molecule has 1 fully saturated rings. The van der Waals surface area contributed by atoms with E-state index in [1.165, 1.54) is 33.4 Å². The highest BCUT2D eigenvalue weighted by Gasteiger charge is 2.51. The van der Waals surface area contributed by atoms with Crippen molar-refractivity contribution in [2.24, 2.45) is 5.92 Å². The van der Waals surface area contributed by atoms with E-state index in [0.717, 1.165) is 28.9 Å². The summed E-state index contributed by atoms with van der Waals surface area (Å²) in [7, 11) is -0.396. The van der Waals surface area contributed by atoms with E-state index in [1.54, 1.807) is 0 Å². The third kappa shape index (κ3) is 4.67. The Morgan fingerprint density at radius 2 is 1.34 bits per heavy atom. The lowest BCUT2D eigenvalue weighted by atomic mass is 9.79. The molecule has 1 unspecified atom stereocenters. The summed E-state index contributed by atoms with van der Waals surface area (Å²) in [5.74, 6) is 0.562. The van der Waals surface area contributed by atoms with Crippen LogP contribution < -0.4 is 10.4 Å². The molecule has 1 atom stereocenters. The maximum absolute atomic E-state index is 6.38. The van der Waals surface area contributed by atoms with E-state index >= 15 is 0 Å². The fourth-order valence-corrected chi connectivity index (χ4v) is 7.02. The summed E-state index contributed by atoms with van der Waals surface area (Å²) in [6.45, 7) is 15.5. The van der Waals surface area contributed by atoms with Crippen molar-refractivity contribution in [3.63, 3.8) is 0 Å². The van der Waals surface area contributed by atoms with Crippen molar-refractivity contribution in [2.45, 2.75) is 71.5 Å². The molecule has 0 amide bonds. The van der Waals surface area contributed by atoms with Crippen LogP contribution in [0.3, 0.4) is 0 Å². The molecule has 0 radical (unpaired) electrons. The second-order valence-electron chi connectivity index (χ2n) is 14.2. The van der Waals surface area contributed by atoms with Gasteiger partial charge in [-0.2, -0.15) is 0 Å². The van der Waals surface area contributed by atoms with Crippen LogP contribution in [0.4, 0.5) is 17.1 Å². The van der Waals surface area contributed by atoms with Crippen molar-refractivity contribution in [3.05, 3.63) is 126 Å². The van der Waals surface area contributed by atoms with Gasteiger partial charge in [-0.15, -0.1) is 0 Å². The Kier molecular flexibility index (Phi) is 6.80. The van der Waals surface area contributed by atoms with Gasteiger partial charge in [0.05, 0.1) is 16.9 Å². The van der Waals surface area contributed by atoms with Crippen LogP contribution in [-0.4, -0.2) is 18.3 Å². The van der Waals surface area contributed by atoms with Gasteiger partial charge in [0.25, 0.3) is 0 Å². The molecule has 4 heteroatoms. The monoisotopic (exact) mass is 579 g/mol. The number of benzene rings is 4. The van der Waals surface area contributed by atoms with Crippen molar-refractivity contribution in [2.75, 3.05) is 4.90 Å². The van der Waals surface area contributed by atoms with Gasteiger partial charge < -0.3 is 14.2 Å². The van der Waals surface area contributed by atoms with Gasteiger partial charge in [-0.1, -0.05) is 99.7 Å². The average Bonchev–Trinajstić information content (AvgIpc) is 3.37. The minimum Gasteiger partial charge on any atom is -0.399 e. The first kappa shape index (κ1) is 28.9. The minimum atomic E-state index is -0.396. The van der Waals surface area contributed by atoms with Gasteiger partial charge in [0.2, 0.25) is 0 Å². The molecule has 222 valence electrons. The van der Waals surface area contributed by atoms with Crippen molar-refractivity contribution < 1.29 is 9.31 Å². The molecule has 1 heterocycles. The first-order valence-electron chi connectivity index (χ1n) is 15.9. The Labute approximate surface area is 263 Å². The topological polar surface area (TPSA) is 21.7 Å². The second-order valence-corrected chi connectivity index (χ2v) is 14.2. The summed E-state index contributed by atoms with van der Waals surface area (Å²) < 4.78 is 12.8. The van der Waals surface area contributed by atoms with Crippen molar-refractivity contribution in [1.29, 1.82) is 0 Å². The number of hydrogen-bond acceptors (Lipinski definition) is 3. The van der Waals surface area contributed by atoms with Crippen molar-refractivity contribution in [1.82, 2.24) is 0 Å². The Balaban J connectivity index is 1.35. The zero-order valence-corrected chi connectivity index (χ0v) is 27.0. The Morgan fingerprint density at radius 3 is 2.05 bits per heavy atom. The molecule has 0 saturated carbocycles. The zero-order chi connectivity index (χ0) is 30.9. The lowest BCUT2D eigenvalue weighted by Gasteiger charge is -2.32. The highest BCUT2D eigenvalue weighted by Crippen LogP contribution is 2.52.